The van der Waals surface area contributed by atoms with E-state index >= 15 is 0 Å². The number of para-hydroxylation sites is 2. The van der Waals surface area contributed by atoms with E-state index in [1.54, 1.807) is 48.5 Å². The Hall–Kier alpha value is -4.30. The summed E-state index contributed by atoms with van der Waals surface area (Å²) in [6, 6.07) is 25.5. The lowest BCUT2D eigenvalue weighted by Gasteiger charge is -2.25. The smallest absolute Gasteiger partial charge is 0.412 e. The molecule has 0 spiro atoms. The van der Waals surface area contributed by atoms with E-state index in [1.807, 2.05) is 49.4 Å². The topological polar surface area (TPSA) is 114 Å². The van der Waals surface area contributed by atoms with E-state index in [-0.39, 0.29) is 17.6 Å². The number of aromatic hydroxyl groups is 1. The fourth-order valence-corrected chi connectivity index (χ4v) is 4.69. The number of fused-ring (bicyclic) bond motifs is 1. The Balaban J connectivity index is 1.44. The molecule has 0 bridgehead atoms. The van der Waals surface area contributed by atoms with Gasteiger partial charge >= 0.3 is 6.09 Å². The van der Waals surface area contributed by atoms with Crippen molar-refractivity contribution in [3.05, 3.63) is 107 Å². The highest BCUT2D eigenvalue weighted by Gasteiger charge is 2.26. The van der Waals surface area contributed by atoms with Crippen molar-refractivity contribution in [2.75, 3.05) is 16.4 Å². The highest BCUT2D eigenvalue weighted by Crippen LogP contribution is 2.37. The van der Waals surface area contributed by atoms with Gasteiger partial charge in [0.15, 0.2) is 0 Å². The molecule has 4 rings (SSSR count). The Morgan fingerprint density at radius 3 is 2.51 bits per heavy atom. The van der Waals surface area contributed by atoms with Gasteiger partial charge in [-0.25, -0.2) is 4.79 Å². The molecule has 200 valence electrons. The van der Waals surface area contributed by atoms with E-state index in [0.717, 1.165) is 15.2 Å². The van der Waals surface area contributed by atoms with Crippen LogP contribution in [0.4, 0.5) is 21.9 Å². The van der Waals surface area contributed by atoms with E-state index in [1.165, 1.54) is 6.08 Å². The lowest BCUT2D eigenvalue weighted by atomic mass is 9.92. The fourth-order valence-electron chi connectivity index (χ4n) is 4.31. The van der Waals surface area contributed by atoms with Gasteiger partial charge in [-0.2, -0.15) is 0 Å². The van der Waals surface area contributed by atoms with E-state index in [4.69, 9.17) is 10.5 Å². The second-order valence-electron chi connectivity index (χ2n) is 9.21. The van der Waals surface area contributed by atoms with Crippen LogP contribution >= 0.6 is 15.9 Å². The zero-order chi connectivity index (χ0) is 27.8. The first-order chi connectivity index (χ1) is 18.8. The average Bonchev–Trinajstić information content (AvgIpc) is 2.92. The zero-order valence-electron chi connectivity index (χ0n) is 21.4. The number of rotatable bonds is 9. The van der Waals surface area contributed by atoms with Gasteiger partial charge in [-0.15, -0.1) is 0 Å². The Kier molecular flexibility index (Phi) is 9.22. The molecule has 0 saturated heterocycles. The minimum Gasteiger partial charge on any atom is -0.508 e. The average molecular weight is 589 g/mol. The van der Waals surface area contributed by atoms with Crippen LogP contribution in [-0.2, 0) is 9.53 Å². The normalized spacial score (nSPS) is 12.7. The van der Waals surface area contributed by atoms with Crippen LogP contribution in [0.25, 0.3) is 10.8 Å². The molecule has 4 aromatic carbocycles. The van der Waals surface area contributed by atoms with Crippen molar-refractivity contribution < 1.29 is 19.4 Å². The second-order valence-corrected chi connectivity index (χ2v) is 10.1. The summed E-state index contributed by atoms with van der Waals surface area (Å²) in [7, 11) is 0. The monoisotopic (exact) mass is 587 g/mol. The van der Waals surface area contributed by atoms with Crippen molar-refractivity contribution in [2.45, 2.75) is 25.9 Å². The largest absolute Gasteiger partial charge is 0.508 e. The molecule has 4 aromatic rings. The molecule has 39 heavy (non-hydrogen) atoms. The first-order valence-corrected chi connectivity index (χ1v) is 13.4. The van der Waals surface area contributed by atoms with Crippen LogP contribution in [0.3, 0.4) is 0 Å². The Labute approximate surface area is 235 Å². The molecule has 2 amide bonds. The number of nitrogens with two attached hydrogens (primary N) is 1. The van der Waals surface area contributed by atoms with Crippen LogP contribution < -0.4 is 16.4 Å². The van der Waals surface area contributed by atoms with Gasteiger partial charge in [0.25, 0.3) is 0 Å². The second kappa shape index (κ2) is 13.0. The summed E-state index contributed by atoms with van der Waals surface area (Å²) >= 11 is 3.44. The number of halogens is 1. The third kappa shape index (κ3) is 7.39. The number of phenols is 1. The Morgan fingerprint density at radius 1 is 0.974 bits per heavy atom. The molecule has 5 N–H and O–H groups in total. The maximum atomic E-state index is 13.1. The number of carbonyl (C=O) groups excluding carboxylic acids is 2. The van der Waals surface area contributed by atoms with Gasteiger partial charge in [0, 0.05) is 15.4 Å². The van der Waals surface area contributed by atoms with Gasteiger partial charge < -0.3 is 20.9 Å². The highest BCUT2D eigenvalue weighted by atomic mass is 79.9. The lowest BCUT2D eigenvalue weighted by molar-refractivity contribution is -0.111. The van der Waals surface area contributed by atoms with Crippen molar-refractivity contribution in [1.82, 2.24) is 0 Å². The van der Waals surface area contributed by atoms with Crippen molar-refractivity contribution >= 4 is 55.8 Å². The summed E-state index contributed by atoms with van der Waals surface area (Å²) in [6.45, 7) is 1.94. The molecule has 0 aliphatic carbocycles. The maximum absolute atomic E-state index is 13.1. The van der Waals surface area contributed by atoms with Gasteiger partial charge in [0.2, 0.25) is 5.91 Å². The quantitative estimate of drug-likeness (QED) is 0.118. The number of phenolic OH excluding ortho intramolecular Hbond substituents is 1. The molecule has 0 unspecified atom stereocenters. The van der Waals surface area contributed by atoms with E-state index in [2.05, 4.69) is 26.6 Å². The third-order valence-electron chi connectivity index (χ3n) is 6.35. The predicted octanol–water partition coefficient (Wildman–Crippen LogP) is 7.79. The van der Waals surface area contributed by atoms with Gasteiger partial charge in [-0.05, 0) is 66.6 Å². The van der Waals surface area contributed by atoms with Crippen LogP contribution in [0.1, 0.15) is 31.4 Å². The van der Waals surface area contributed by atoms with Gasteiger partial charge in [-0.1, -0.05) is 77.5 Å². The van der Waals surface area contributed by atoms with E-state index in [9.17, 15) is 14.7 Å². The van der Waals surface area contributed by atoms with Crippen molar-refractivity contribution in [3.8, 4) is 5.75 Å². The number of nitrogen functional groups attached to an aromatic ring is 1. The van der Waals surface area contributed by atoms with Gasteiger partial charge in [-0.3, -0.25) is 10.1 Å². The molecule has 7 nitrogen and oxygen atoms in total. The lowest BCUT2D eigenvalue weighted by Crippen LogP contribution is -2.22. The summed E-state index contributed by atoms with van der Waals surface area (Å²) in [6.07, 6.45) is 3.01. The van der Waals surface area contributed by atoms with E-state index in [0.29, 0.717) is 35.5 Å². The first kappa shape index (κ1) is 27.7. The first-order valence-electron chi connectivity index (χ1n) is 12.6. The zero-order valence-corrected chi connectivity index (χ0v) is 23.0. The summed E-state index contributed by atoms with van der Waals surface area (Å²) in [5.74, 6) is -0.434. The fraction of sp³-hybridized carbons (Fsp3) is 0.161. The number of allylic oxidation sites excluding steroid dienone is 1. The number of anilines is 3. The van der Waals surface area contributed by atoms with Gasteiger partial charge in [0.05, 0.1) is 17.1 Å². The molecule has 0 aliphatic rings. The maximum Gasteiger partial charge on any atom is 0.412 e. The minimum atomic E-state index is -0.733. The number of hydrogen-bond donors (Lipinski definition) is 4. The van der Waals surface area contributed by atoms with E-state index < -0.39 is 12.2 Å². The number of carbonyl (C=O) groups is 2. The molecule has 0 heterocycles. The van der Waals surface area contributed by atoms with Crippen molar-refractivity contribution in [2.24, 2.45) is 5.92 Å². The van der Waals surface area contributed by atoms with Crippen LogP contribution in [0.5, 0.6) is 5.75 Å². The Morgan fingerprint density at radius 2 is 1.69 bits per heavy atom. The molecular formula is C31H30BrN3O4. The summed E-state index contributed by atoms with van der Waals surface area (Å²) in [5.41, 5.74) is 8.05. The number of amides is 2. The van der Waals surface area contributed by atoms with Gasteiger partial charge in [0.1, 0.15) is 11.9 Å². The highest BCUT2D eigenvalue weighted by molar-refractivity contribution is 9.10. The molecule has 8 heteroatoms. The standard InChI is InChI=1S/C31H30BrN3O4/c1-20(9-2-7-16-29(37)34-27-14-6-5-13-25(27)33)30(24-19-22(32)17-18-28(24)36)39-31(38)35-26-15-8-11-21-10-3-4-12-23(21)26/h3-8,10-20,30,36H,2,9,33H2,1H3,(H,34,37)(H,35,38)/b16-7+/t20-,30+/m0/s1. The van der Waals surface area contributed by atoms with Crippen LogP contribution in [0.15, 0.2) is 102 Å². The summed E-state index contributed by atoms with van der Waals surface area (Å²) in [4.78, 5) is 25.3. The molecule has 2 atom stereocenters. The molecule has 0 radical (unpaired) electrons. The van der Waals surface area contributed by atoms with Crippen molar-refractivity contribution in [3.63, 3.8) is 0 Å². The van der Waals surface area contributed by atoms with Crippen molar-refractivity contribution in [1.29, 1.82) is 0 Å². The number of ether oxygens (including phenoxy) is 1. The predicted molar refractivity (Wildman–Crippen MR) is 160 cm³/mol. The SMILES string of the molecule is C[C@@H](CC/C=C/C(=O)Nc1ccccc1N)[C@@H](OC(=O)Nc1cccc2ccccc12)c1cc(Br)ccc1O. The minimum absolute atomic E-state index is 0.0309. The summed E-state index contributed by atoms with van der Waals surface area (Å²) < 4.78 is 6.66. The molecular weight excluding hydrogens is 558 g/mol. The van der Waals surface area contributed by atoms with Crippen LogP contribution in [0.2, 0.25) is 0 Å². The van der Waals surface area contributed by atoms with Crippen LogP contribution in [0, 0.1) is 5.92 Å². The Bertz CT molecular complexity index is 1500. The molecule has 0 fully saturated rings. The number of hydrogen-bond acceptors (Lipinski definition) is 5. The third-order valence-corrected chi connectivity index (χ3v) is 6.84. The summed E-state index contributed by atoms with van der Waals surface area (Å²) in [5, 5.41) is 18.1. The molecule has 0 saturated carbocycles. The van der Waals surface area contributed by atoms with Crippen LogP contribution in [-0.4, -0.2) is 17.1 Å². The molecule has 0 aliphatic heterocycles. The molecule has 0 aromatic heterocycles. The number of benzene rings is 4. The number of nitrogens with one attached hydrogen (secondary N) is 2.